The van der Waals surface area contributed by atoms with Crippen molar-refractivity contribution in [2.75, 3.05) is 6.54 Å². The number of carboxylic acid groups (broad SMARTS) is 1. The van der Waals surface area contributed by atoms with E-state index in [1.165, 1.54) is 13.8 Å². The van der Waals surface area contributed by atoms with Gasteiger partial charge in [0.05, 0.1) is 0 Å². The Morgan fingerprint density at radius 3 is 2.50 bits per heavy atom. The maximum atomic E-state index is 11.3. The molecule has 5 heteroatoms. The number of nitrogens with one attached hydrogen (secondary N) is 2. The minimum atomic E-state index is -1.26. The van der Waals surface area contributed by atoms with Crippen LogP contribution in [0.4, 0.5) is 4.79 Å². The van der Waals surface area contributed by atoms with Crippen LogP contribution in [0.25, 0.3) is 0 Å². The fourth-order valence-electron chi connectivity index (χ4n) is 0.935. The quantitative estimate of drug-likeness (QED) is 0.466. The number of amides is 2. The number of carbonyl (C=O) groups is 2. The summed E-state index contributed by atoms with van der Waals surface area (Å²) in [6.07, 6.45) is 7.39. The number of aliphatic carboxylic acids is 1. The fourth-order valence-corrected chi connectivity index (χ4v) is 0.935. The number of carboxylic acids is 1. The maximum absolute atomic E-state index is 11.3. The van der Waals surface area contributed by atoms with Crippen molar-refractivity contribution in [3.05, 3.63) is 0 Å². The van der Waals surface area contributed by atoms with Crippen LogP contribution in [0.3, 0.4) is 0 Å². The lowest BCUT2D eigenvalue weighted by molar-refractivity contribution is -0.142. The summed E-state index contributed by atoms with van der Waals surface area (Å²) in [4.78, 5) is 22.0. The van der Waals surface area contributed by atoms with Crippen LogP contribution in [0.2, 0.25) is 0 Å². The highest BCUT2D eigenvalue weighted by atomic mass is 16.4. The third-order valence-electron chi connectivity index (χ3n) is 1.99. The molecule has 0 heterocycles. The summed E-state index contributed by atoms with van der Waals surface area (Å²) >= 11 is 0. The summed E-state index contributed by atoms with van der Waals surface area (Å²) in [7, 11) is 0. The van der Waals surface area contributed by atoms with E-state index in [0.29, 0.717) is 13.0 Å². The van der Waals surface area contributed by atoms with E-state index in [2.05, 4.69) is 16.6 Å². The van der Waals surface area contributed by atoms with Crippen LogP contribution >= 0.6 is 0 Å². The van der Waals surface area contributed by atoms with Crippen molar-refractivity contribution in [2.45, 2.75) is 38.6 Å². The Bertz CT molecular complexity index is 292. The van der Waals surface area contributed by atoms with Crippen molar-refractivity contribution in [2.24, 2.45) is 0 Å². The van der Waals surface area contributed by atoms with Gasteiger partial charge in [-0.25, -0.2) is 9.59 Å². The van der Waals surface area contributed by atoms with Gasteiger partial charge in [0.1, 0.15) is 5.54 Å². The Hall–Kier alpha value is -1.70. The first kappa shape index (κ1) is 14.3. The van der Waals surface area contributed by atoms with Gasteiger partial charge in [-0.2, -0.15) is 0 Å². The number of terminal acetylenes is 1. The van der Waals surface area contributed by atoms with E-state index in [0.717, 1.165) is 12.8 Å². The smallest absolute Gasteiger partial charge is 0.328 e. The largest absolute Gasteiger partial charge is 0.480 e. The molecule has 0 aromatic carbocycles. The first-order chi connectivity index (χ1) is 7.40. The van der Waals surface area contributed by atoms with Crippen molar-refractivity contribution in [1.29, 1.82) is 0 Å². The predicted octanol–water partition coefficient (Wildman–Crippen LogP) is 0.952. The lowest BCUT2D eigenvalue weighted by atomic mass is 10.1. The van der Waals surface area contributed by atoms with Gasteiger partial charge in [-0.1, -0.05) is 0 Å². The molecule has 3 N–H and O–H groups in total. The second kappa shape index (κ2) is 6.72. The van der Waals surface area contributed by atoms with E-state index >= 15 is 0 Å². The SMILES string of the molecule is C#CCCCCNC(=O)NC(C)(C)C(=O)O. The number of carbonyl (C=O) groups excluding carboxylic acids is 1. The molecule has 0 atom stereocenters. The fraction of sp³-hybridized carbons (Fsp3) is 0.636. The summed E-state index contributed by atoms with van der Waals surface area (Å²) in [6, 6.07) is -0.479. The van der Waals surface area contributed by atoms with Crippen molar-refractivity contribution in [3.8, 4) is 12.3 Å². The van der Waals surface area contributed by atoms with Gasteiger partial charge < -0.3 is 15.7 Å². The monoisotopic (exact) mass is 226 g/mol. The number of hydrogen-bond acceptors (Lipinski definition) is 2. The zero-order valence-corrected chi connectivity index (χ0v) is 9.67. The van der Waals surface area contributed by atoms with E-state index in [9.17, 15) is 9.59 Å². The van der Waals surface area contributed by atoms with E-state index in [1.54, 1.807) is 0 Å². The second-order valence-electron chi connectivity index (χ2n) is 3.97. The molecule has 0 aromatic rings. The average Bonchev–Trinajstić information content (AvgIpc) is 2.16. The normalized spacial score (nSPS) is 10.3. The molecule has 0 unspecified atom stereocenters. The van der Waals surface area contributed by atoms with Gasteiger partial charge in [0, 0.05) is 13.0 Å². The Balaban J connectivity index is 3.76. The Morgan fingerprint density at radius 2 is 2.00 bits per heavy atom. The molecule has 0 aliphatic carbocycles. The van der Waals surface area contributed by atoms with Crippen LogP contribution in [0.5, 0.6) is 0 Å². The first-order valence-electron chi connectivity index (χ1n) is 5.13. The molecule has 0 spiro atoms. The number of unbranched alkanes of at least 4 members (excludes halogenated alkanes) is 2. The van der Waals surface area contributed by atoms with E-state index in [-0.39, 0.29) is 0 Å². The van der Waals surface area contributed by atoms with Crippen molar-refractivity contribution < 1.29 is 14.7 Å². The summed E-state index contributed by atoms with van der Waals surface area (Å²) in [5.41, 5.74) is -1.26. The molecule has 2 amide bonds. The summed E-state index contributed by atoms with van der Waals surface area (Å²) in [5, 5.41) is 13.7. The molecular formula is C11H18N2O3. The van der Waals surface area contributed by atoms with Gasteiger partial charge in [0.15, 0.2) is 0 Å². The maximum Gasteiger partial charge on any atom is 0.328 e. The molecule has 0 radical (unpaired) electrons. The number of urea groups is 1. The van der Waals surface area contributed by atoms with Crippen LogP contribution in [0.1, 0.15) is 33.1 Å². The molecule has 0 fully saturated rings. The summed E-state index contributed by atoms with van der Waals surface area (Å²) < 4.78 is 0. The Labute approximate surface area is 95.6 Å². The van der Waals surface area contributed by atoms with E-state index in [1.807, 2.05) is 0 Å². The van der Waals surface area contributed by atoms with Crippen LogP contribution in [0, 0.1) is 12.3 Å². The highest BCUT2D eigenvalue weighted by Gasteiger charge is 2.28. The van der Waals surface area contributed by atoms with Crippen molar-refractivity contribution >= 4 is 12.0 Å². The second-order valence-corrected chi connectivity index (χ2v) is 3.97. The molecular weight excluding hydrogens is 208 g/mol. The summed E-state index contributed by atoms with van der Waals surface area (Å²) in [5.74, 6) is 1.43. The van der Waals surface area contributed by atoms with Gasteiger partial charge in [0.2, 0.25) is 0 Å². The Morgan fingerprint density at radius 1 is 1.38 bits per heavy atom. The molecule has 0 aliphatic heterocycles. The zero-order chi connectivity index (χ0) is 12.6. The topological polar surface area (TPSA) is 78.4 Å². The molecule has 90 valence electrons. The Kier molecular flexibility index (Phi) is 6.01. The van der Waals surface area contributed by atoms with Gasteiger partial charge in [-0.3, -0.25) is 0 Å². The first-order valence-corrected chi connectivity index (χ1v) is 5.13. The highest BCUT2D eigenvalue weighted by Crippen LogP contribution is 2.01. The van der Waals surface area contributed by atoms with Gasteiger partial charge in [0.25, 0.3) is 0 Å². The van der Waals surface area contributed by atoms with E-state index in [4.69, 9.17) is 11.5 Å². The van der Waals surface area contributed by atoms with Crippen LogP contribution in [-0.2, 0) is 4.79 Å². The minimum absolute atomic E-state index is 0.479. The highest BCUT2D eigenvalue weighted by molar-refractivity contribution is 5.85. The molecule has 0 rings (SSSR count). The molecule has 16 heavy (non-hydrogen) atoms. The van der Waals surface area contributed by atoms with Crippen LogP contribution in [0.15, 0.2) is 0 Å². The van der Waals surface area contributed by atoms with Gasteiger partial charge >= 0.3 is 12.0 Å². The van der Waals surface area contributed by atoms with Crippen LogP contribution in [-0.4, -0.2) is 29.2 Å². The molecule has 0 saturated carbocycles. The minimum Gasteiger partial charge on any atom is -0.480 e. The zero-order valence-electron chi connectivity index (χ0n) is 9.67. The number of rotatable bonds is 6. The predicted molar refractivity (Wildman–Crippen MR) is 60.9 cm³/mol. The standard InChI is InChI=1S/C11H18N2O3/c1-4-5-6-7-8-12-10(16)13-11(2,3)9(14)15/h1H,5-8H2,2-3H3,(H,14,15)(H2,12,13,16). The third-order valence-corrected chi connectivity index (χ3v) is 1.99. The lowest BCUT2D eigenvalue weighted by Gasteiger charge is -2.21. The van der Waals surface area contributed by atoms with Crippen molar-refractivity contribution in [3.63, 3.8) is 0 Å². The lowest BCUT2D eigenvalue weighted by Crippen LogP contribution is -2.53. The molecule has 5 nitrogen and oxygen atoms in total. The molecule has 0 aliphatic rings. The summed E-state index contributed by atoms with van der Waals surface area (Å²) in [6.45, 7) is 3.34. The van der Waals surface area contributed by atoms with Gasteiger partial charge in [-0.05, 0) is 26.7 Å². The average molecular weight is 226 g/mol. The van der Waals surface area contributed by atoms with E-state index < -0.39 is 17.5 Å². The number of hydrogen-bond donors (Lipinski definition) is 3. The third kappa shape index (κ3) is 5.91. The van der Waals surface area contributed by atoms with Crippen molar-refractivity contribution in [1.82, 2.24) is 10.6 Å². The van der Waals surface area contributed by atoms with Gasteiger partial charge in [-0.15, -0.1) is 12.3 Å². The molecule has 0 aromatic heterocycles. The molecule has 0 bridgehead atoms. The van der Waals surface area contributed by atoms with Crippen LogP contribution < -0.4 is 10.6 Å². The molecule has 0 saturated heterocycles.